The zero-order valence-electron chi connectivity index (χ0n) is 17.3. The zero-order valence-corrected chi connectivity index (χ0v) is 17.3. The van der Waals surface area contributed by atoms with E-state index in [1.54, 1.807) is 16.9 Å². The van der Waals surface area contributed by atoms with Crippen molar-refractivity contribution in [1.29, 1.82) is 5.26 Å². The molecule has 1 saturated heterocycles. The summed E-state index contributed by atoms with van der Waals surface area (Å²) in [5.74, 6) is 1.25. The summed E-state index contributed by atoms with van der Waals surface area (Å²) < 4.78 is 7.03. The smallest absolute Gasteiger partial charge is 0.271 e. The van der Waals surface area contributed by atoms with Gasteiger partial charge in [-0.15, -0.1) is 0 Å². The van der Waals surface area contributed by atoms with Gasteiger partial charge in [0.25, 0.3) is 5.56 Å². The van der Waals surface area contributed by atoms with Crippen molar-refractivity contribution in [2.45, 2.75) is 26.8 Å². The van der Waals surface area contributed by atoms with Crippen LogP contribution in [0.15, 0.2) is 35.3 Å². The fourth-order valence-corrected chi connectivity index (χ4v) is 3.84. The number of anilines is 1. The van der Waals surface area contributed by atoms with E-state index in [2.05, 4.69) is 21.4 Å². The maximum atomic E-state index is 12.7. The van der Waals surface area contributed by atoms with Crippen LogP contribution < -0.4 is 15.9 Å². The summed E-state index contributed by atoms with van der Waals surface area (Å²) in [4.78, 5) is 21.7. The predicted octanol–water partition coefficient (Wildman–Crippen LogP) is 2.42. The van der Waals surface area contributed by atoms with Gasteiger partial charge in [-0.3, -0.25) is 4.79 Å². The van der Waals surface area contributed by atoms with Crippen molar-refractivity contribution in [3.63, 3.8) is 0 Å². The van der Waals surface area contributed by atoms with Gasteiger partial charge in [-0.05, 0) is 38.0 Å². The Morgan fingerprint density at radius 2 is 2.00 bits per heavy atom. The van der Waals surface area contributed by atoms with Gasteiger partial charge in [0.05, 0.1) is 54.9 Å². The zero-order chi connectivity index (χ0) is 21.3. The third kappa shape index (κ3) is 3.72. The summed E-state index contributed by atoms with van der Waals surface area (Å²) in [6.07, 6.45) is 1.80. The van der Waals surface area contributed by atoms with Crippen molar-refractivity contribution in [2.75, 3.05) is 36.6 Å². The highest BCUT2D eigenvalue weighted by molar-refractivity contribution is 5.88. The molecule has 2 aromatic heterocycles. The molecule has 8 nitrogen and oxygen atoms in total. The maximum Gasteiger partial charge on any atom is 0.271 e. The number of hydrogen-bond donors (Lipinski definition) is 1. The van der Waals surface area contributed by atoms with Crippen LogP contribution in [0, 0.1) is 25.2 Å². The van der Waals surface area contributed by atoms with Crippen LogP contribution in [0.1, 0.15) is 35.5 Å². The molecule has 0 saturated carbocycles. The molecular formula is C22H24N6O2. The van der Waals surface area contributed by atoms with Crippen LogP contribution in [0.2, 0.25) is 0 Å². The molecule has 3 aromatic rings. The standard InChI is InChI=1S/C22H24N6O2/c1-14-17(12-23)5-4-6-18(14)15(2)24-22-19-13-28(27-7-9-30-10-8-27)21(29)11-20(19)25-16(3)26-22/h4-6,11,13,15H,7-10H2,1-3H3,(H,24,25,26)/t15-/m1/s1. The summed E-state index contributed by atoms with van der Waals surface area (Å²) in [6, 6.07) is 9.42. The van der Waals surface area contributed by atoms with Gasteiger partial charge in [-0.2, -0.15) is 5.26 Å². The Kier molecular flexibility index (Phi) is 5.38. The Balaban J connectivity index is 1.76. The lowest BCUT2D eigenvalue weighted by atomic mass is 9.98. The van der Waals surface area contributed by atoms with Crippen molar-refractivity contribution in [3.8, 4) is 6.07 Å². The molecule has 0 bridgehead atoms. The van der Waals surface area contributed by atoms with Crippen molar-refractivity contribution in [2.24, 2.45) is 0 Å². The maximum absolute atomic E-state index is 12.7. The average Bonchev–Trinajstić information content (AvgIpc) is 2.74. The second-order valence-corrected chi connectivity index (χ2v) is 7.44. The molecule has 30 heavy (non-hydrogen) atoms. The quantitative estimate of drug-likeness (QED) is 0.713. The Hall–Kier alpha value is -3.44. The molecule has 0 amide bonds. The lowest BCUT2D eigenvalue weighted by molar-refractivity contribution is 0.111. The summed E-state index contributed by atoms with van der Waals surface area (Å²) in [5, 5.41) is 15.5. The molecule has 0 aliphatic carbocycles. The number of nitrogens with zero attached hydrogens (tertiary/aromatic N) is 5. The number of nitriles is 1. The predicted molar refractivity (Wildman–Crippen MR) is 115 cm³/mol. The number of morpholine rings is 1. The highest BCUT2D eigenvalue weighted by atomic mass is 16.5. The van der Waals surface area contributed by atoms with Crippen LogP contribution in [-0.4, -0.2) is 40.9 Å². The van der Waals surface area contributed by atoms with Gasteiger partial charge in [0.15, 0.2) is 0 Å². The SMILES string of the molecule is Cc1nc(N[C@H](C)c2cccc(C#N)c2C)c2cn(N3CCOCC3)c(=O)cc2n1. The molecule has 1 aromatic carbocycles. The molecule has 1 fully saturated rings. The molecular weight excluding hydrogens is 380 g/mol. The first-order valence-corrected chi connectivity index (χ1v) is 9.98. The molecule has 1 aliphatic heterocycles. The number of pyridine rings is 1. The number of benzene rings is 1. The number of ether oxygens (including phenoxy) is 1. The summed E-state index contributed by atoms with van der Waals surface area (Å²) in [7, 11) is 0. The van der Waals surface area contributed by atoms with E-state index in [0.29, 0.717) is 49.0 Å². The Morgan fingerprint density at radius 3 is 2.73 bits per heavy atom. The highest BCUT2D eigenvalue weighted by Crippen LogP contribution is 2.27. The van der Waals surface area contributed by atoms with Crippen molar-refractivity contribution in [1.82, 2.24) is 14.6 Å². The van der Waals surface area contributed by atoms with Gasteiger partial charge >= 0.3 is 0 Å². The molecule has 1 atom stereocenters. The largest absolute Gasteiger partial charge is 0.378 e. The van der Waals surface area contributed by atoms with Crippen molar-refractivity contribution < 1.29 is 4.74 Å². The van der Waals surface area contributed by atoms with Crippen LogP contribution in [0.5, 0.6) is 0 Å². The van der Waals surface area contributed by atoms with Crippen LogP contribution in [-0.2, 0) is 4.74 Å². The normalized spacial score (nSPS) is 15.1. The minimum atomic E-state index is -0.126. The lowest BCUT2D eigenvalue weighted by Crippen LogP contribution is -2.48. The molecule has 0 spiro atoms. The Morgan fingerprint density at radius 1 is 1.23 bits per heavy atom. The summed E-state index contributed by atoms with van der Waals surface area (Å²) in [5.41, 5.74) is 3.11. The molecule has 1 N–H and O–H groups in total. The number of fused-ring (bicyclic) bond motifs is 1. The third-order valence-corrected chi connectivity index (χ3v) is 5.43. The topological polar surface area (TPSA) is 96.1 Å². The molecule has 8 heteroatoms. The van der Waals surface area contributed by atoms with Crippen LogP contribution >= 0.6 is 0 Å². The van der Waals surface area contributed by atoms with Gasteiger partial charge in [0, 0.05) is 12.3 Å². The van der Waals surface area contributed by atoms with E-state index in [1.807, 2.05) is 44.0 Å². The van der Waals surface area contributed by atoms with Gasteiger partial charge in [0.2, 0.25) is 0 Å². The van der Waals surface area contributed by atoms with Crippen LogP contribution in [0.4, 0.5) is 5.82 Å². The Labute approximate surface area is 174 Å². The lowest BCUT2D eigenvalue weighted by Gasteiger charge is -2.30. The van der Waals surface area contributed by atoms with E-state index in [1.165, 1.54) is 0 Å². The van der Waals surface area contributed by atoms with Gasteiger partial charge in [0.1, 0.15) is 11.6 Å². The third-order valence-electron chi connectivity index (χ3n) is 5.43. The minimum Gasteiger partial charge on any atom is -0.378 e. The summed E-state index contributed by atoms with van der Waals surface area (Å²) in [6.45, 7) is 8.27. The van der Waals surface area contributed by atoms with E-state index in [4.69, 9.17) is 4.74 Å². The van der Waals surface area contributed by atoms with E-state index < -0.39 is 0 Å². The number of nitrogens with one attached hydrogen (secondary N) is 1. The minimum absolute atomic E-state index is 0.0837. The number of rotatable bonds is 4. The van der Waals surface area contributed by atoms with Crippen LogP contribution in [0.25, 0.3) is 10.9 Å². The van der Waals surface area contributed by atoms with Crippen molar-refractivity contribution in [3.05, 3.63) is 63.3 Å². The monoisotopic (exact) mass is 404 g/mol. The molecule has 0 radical (unpaired) electrons. The molecule has 0 unspecified atom stereocenters. The molecule has 4 rings (SSSR count). The van der Waals surface area contributed by atoms with Crippen LogP contribution in [0.3, 0.4) is 0 Å². The van der Waals surface area contributed by atoms with E-state index in [0.717, 1.165) is 16.5 Å². The average molecular weight is 404 g/mol. The second kappa shape index (κ2) is 8.13. The second-order valence-electron chi connectivity index (χ2n) is 7.44. The molecule has 154 valence electrons. The number of hydrogen-bond acceptors (Lipinski definition) is 7. The highest BCUT2D eigenvalue weighted by Gasteiger charge is 2.17. The van der Waals surface area contributed by atoms with E-state index in [9.17, 15) is 10.1 Å². The van der Waals surface area contributed by atoms with Gasteiger partial charge < -0.3 is 15.1 Å². The Bertz CT molecular complexity index is 1190. The fourth-order valence-electron chi connectivity index (χ4n) is 3.84. The first kappa shape index (κ1) is 19.9. The molecule has 1 aliphatic rings. The van der Waals surface area contributed by atoms with Gasteiger partial charge in [-0.1, -0.05) is 12.1 Å². The van der Waals surface area contributed by atoms with Crippen molar-refractivity contribution >= 4 is 16.7 Å². The fraction of sp³-hybridized carbons (Fsp3) is 0.364. The van der Waals surface area contributed by atoms with Gasteiger partial charge in [-0.25, -0.2) is 14.6 Å². The number of aryl methyl sites for hydroxylation is 1. The summed E-state index contributed by atoms with van der Waals surface area (Å²) >= 11 is 0. The first-order chi connectivity index (χ1) is 14.5. The first-order valence-electron chi connectivity index (χ1n) is 9.98. The molecule has 3 heterocycles. The van der Waals surface area contributed by atoms with E-state index >= 15 is 0 Å². The van der Waals surface area contributed by atoms with E-state index in [-0.39, 0.29) is 11.6 Å². The number of aromatic nitrogens is 3.